The van der Waals surface area contributed by atoms with E-state index < -0.39 is 0 Å². The minimum absolute atomic E-state index is 0.496. The predicted octanol–water partition coefficient (Wildman–Crippen LogP) is 2.81. The van der Waals surface area contributed by atoms with Gasteiger partial charge >= 0.3 is 0 Å². The normalized spacial score (nSPS) is 18.3. The van der Waals surface area contributed by atoms with Gasteiger partial charge in [-0.1, -0.05) is 35.6 Å². The Morgan fingerprint density at radius 2 is 2.04 bits per heavy atom. The third-order valence-corrected chi connectivity index (χ3v) is 5.76. The van der Waals surface area contributed by atoms with Crippen molar-refractivity contribution in [1.29, 1.82) is 0 Å². The summed E-state index contributed by atoms with van der Waals surface area (Å²) in [6.07, 6.45) is 1.09. The number of thiazole rings is 1. The lowest BCUT2D eigenvalue weighted by Gasteiger charge is -2.34. The van der Waals surface area contributed by atoms with Crippen molar-refractivity contribution in [3.63, 3.8) is 0 Å². The molecule has 1 aliphatic heterocycles. The molecule has 4 rings (SSSR count). The lowest BCUT2D eigenvalue weighted by Crippen LogP contribution is -2.41. The van der Waals surface area contributed by atoms with Crippen molar-refractivity contribution in [3.8, 4) is 0 Å². The number of hydrogen-bond acceptors (Lipinski definition) is 5. The molecule has 3 aromatic rings. The van der Waals surface area contributed by atoms with Gasteiger partial charge in [-0.15, -0.1) is 0 Å². The van der Waals surface area contributed by atoms with E-state index >= 15 is 0 Å². The van der Waals surface area contributed by atoms with Crippen molar-refractivity contribution in [2.45, 2.75) is 25.9 Å². The van der Waals surface area contributed by atoms with E-state index in [9.17, 15) is 0 Å². The lowest BCUT2D eigenvalue weighted by molar-refractivity contribution is 0.225. The Hall–Kier alpha value is -1.92. The first kappa shape index (κ1) is 14.7. The van der Waals surface area contributed by atoms with Gasteiger partial charge in [0.25, 0.3) is 0 Å². The zero-order chi connectivity index (χ0) is 16.0. The Kier molecular flexibility index (Phi) is 3.58. The van der Waals surface area contributed by atoms with Crippen LogP contribution < -0.4 is 5.32 Å². The van der Waals surface area contributed by atoms with Gasteiger partial charge in [0.1, 0.15) is 0 Å². The van der Waals surface area contributed by atoms with E-state index in [1.165, 1.54) is 15.8 Å². The number of fused-ring (bicyclic) bond motifs is 2. The summed E-state index contributed by atoms with van der Waals surface area (Å²) in [6, 6.07) is 9.25. The highest BCUT2D eigenvalue weighted by Gasteiger charge is 2.23. The van der Waals surface area contributed by atoms with Crippen molar-refractivity contribution < 1.29 is 0 Å². The van der Waals surface area contributed by atoms with Crippen molar-refractivity contribution in [1.82, 2.24) is 19.7 Å². The smallest absolute Gasteiger partial charge is 0.185 e. The number of hydrogen-bond donors (Lipinski definition) is 1. The van der Waals surface area contributed by atoms with Crippen LogP contribution in [0.1, 0.15) is 16.8 Å². The topological polar surface area (TPSA) is 46.0 Å². The maximum absolute atomic E-state index is 4.68. The number of anilines is 1. The summed E-state index contributed by atoms with van der Waals surface area (Å²) in [5.41, 5.74) is 4.95. The fraction of sp³-hybridized carbons (Fsp3) is 0.412. The molecule has 3 heterocycles. The van der Waals surface area contributed by atoms with E-state index in [2.05, 4.69) is 51.6 Å². The maximum atomic E-state index is 4.68. The van der Waals surface area contributed by atoms with Gasteiger partial charge in [-0.2, -0.15) is 5.10 Å². The molecule has 120 valence electrons. The van der Waals surface area contributed by atoms with Gasteiger partial charge in [-0.25, -0.2) is 9.67 Å². The molecule has 0 saturated heterocycles. The first-order valence-corrected chi connectivity index (χ1v) is 8.74. The van der Waals surface area contributed by atoms with E-state index in [0.29, 0.717) is 6.04 Å². The first-order chi connectivity index (χ1) is 11.1. The molecule has 0 bridgehead atoms. The van der Waals surface area contributed by atoms with Crippen molar-refractivity contribution >= 4 is 26.8 Å². The standard InChI is InChI=1S/C17H21N5S/c1-11-15-16(22(3)20-11)19-17(23-15)18-9-14-8-12-6-4-5-7-13(12)10-21(14)2/h4-7,14H,8-10H2,1-3H3,(H,18,19)/t14-/m0/s1. The minimum Gasteiger partial charge on any atom is -0.360 e. The van der Waals surface area contributed by atoms with Crippen LogP contribution >= 0.6 is 11.3 Å². The Morgan fingerprint density at radius 3 is 2.83 bits per heavy atom. The Morgan fingerprint density at radius 1 is 1.26 bits per heavy atom. The molecule has 0 radical (unpaired) electrons. The van der Waals surface area contributed by atoms with Crippen molar-refractivity contribution in [2.75, 3.05) is 18.9 Å². The Bertz CT molecular complexity index is 815. The SMILES string of the molecule is Cc1nn(C)c2nc(NC[C@@H]3Cc4ccccc4CN3C)sc12. The summed E-state index contributed by atoms with van der Waals surface area (Å²) in [4.78, 5) is 7.10. The van der Waals surface area contributed by atoms with E-state index in [4.69, 9.17) is 0 Å². The Balaban J connectivity index is 1.49. The number of benzene rings is 1. The molecule has 0 fully saturated rings. The second-order valence-electron chi connectivity index (χ2n) is 6.30. The van der Waals surface area contributed by atoms with Gasteiger partial charge in [0.05, 0.1) is 10.4 Å². The molecule has 5 nitrogen and oxygen atoms in total. The maximum Gasteiger partial charge on any atom is 0.185 e. The van der Waals surface area contributed by atoms with Crippen LogP contribution in [0.25, 0.3) is 10.3 Å². The molecule has 0 unspecified atom stereocenters. The van der Waals surface area contributed by atoms with Gasteiger partial charge in [-0.05, 0) is 31.5 Å². The average Bonchev–Trinajstić information content (AvgIpc) is 3.07. The number of aryl methyl sites for hydroxylation is 2. The lowest BCUT2D eigenvalue weighted by atomic mass is 9.94. The molecule has 23 heavy (non-hydrogen) atoms. The zero-order valence-electron chi connectivity index (χ0n) is 13.7. The van der Waals surface area contributed by atoms with Crippen molar-refractivity contribution in [2.24, 2.45) is 7.05 Å². The predicted molar refractivity (Wildman–Crippen MR) is 95.0 cm³/mol. The van der Waals surface area contributed by atoms with E-state index in [0.717, 1.165) is 36.0 Å². The number of likely N-dealkylation sites (N-methyl/N-ethyl adjacent to an activating group) is 1. The summed E-state index contributed by atoms with van der Waals surface area (Å²) in [6.45, 7) is 3.97. The van der Waals surface area contributed by atoms with Crippen molar-refractivity contribution in [3.05, 3.63) is 41.1 Å². The van der Waals surface area contributed by atoms with Gasteiger partial charge in [0.15, 0.2) is 10.8 Å². The average molecular weight is 327 g/mol. The molecule has 2 aromatic heterocycles. The molecule has 0 spiro atoms. The monoisotopic (exact) mass is 327 g/mol. The largest absolute Gasteiger partial charge is 0.360 e. The molecular weight excluding hydrogens is 306 g/mol. The second-order valence-corrected chi connectivity index (χ2v) is 7.30. The summed E-state index contributed by atoms with van der Waals surface area (Å²) >= 11 is 1.70. The molecular formula is C17H21N5S. The number of nitrogens with zero attached hydrogens (tertiary/aromatic N) is 4. The van der Waals surface area contributed by atoms with Crippen LogP contribution in [0.2, 0.25) is 0 Å². The van der Waals surface area contributed by atoms with Crippen LogP contribution in [0.15, 0.2) is 24.3 Å². The molecule has 0 aliphatic carbocycles. The molecule has 1 atom stereocenters. The van der Waals surface area contributed by atoms with E-state index in [1.807, 2.05) is 18.7 Å². The number of nitrogens with one attached hydrogen (secondary N) is 1. The zero-order valence-corrected chi connectivity index (χ0v) is 14.5. The Labute approximate surface area is 139 Å². The van der Waals surface area contributed by atoms with Crippen LogP contribution in [0.3, 0.4) is 0 Å². The minimum atomic E-state index is 0.496. The molecule has 6 heteroatoms. The molecule has 1 N–H and O–H groups in total. The second kappa shape index (κ2) is 5.62. The van der Waals surface area contributed by atoms with E-state index in [-0.39, 0.29) is 0 Å². The molecule has 1 aliphatic rings. The summed E-state index contributed by atoms with van der Waals surface area (Å²) < 4.78 is 3.03. The molecule has 1 aromatic carbocycles. The first-order valence-electron chi connectivity index (χ1n) is 7.93. The summed E-state index contributed by atoms with van der Waals surface area (Å²) in [5.74, 6) is 0. The highest BCUT2D eigenvalue weighted by Crippen LogP contribution is 2.28. The number of aromatic nitrogens is 3. The summed E-state index contributed by atoms with van der Waals surface area (Å²) in [7, 11) is 4.15. The van der Waals surface area contributed by atoms with Gasteiger partial charge in [0.2, 0.25) is 0 Å². The van der Waals surface area contributed by atoms with Crippen LogP contribution in [0.5, 0.6) is 0 Å². The fourth-order valence-electron chi connectivity index (χ4n) is 3.31. The van der Waals surface area contributed by atoms with Crippen LogP contribution in [-0.4, -0.2) is 39.3 Å². The van der Waals surface area contributed by atoms with Gasteiger partial charge in [-0.3, -0.25) is 4.90 Å². The van der Waals surface area contributed by atoms with Gasteiger partial charge < -0.3 is 5.32 Å². The van der Waals surface area contributed by atoms with Crippen LogP contribution in [-0.2, 0) is 20.0 Å². The van der Waals surface area contributed by atoms with Crippen LogP contribution in [0, 0.1) is 6.92 Å². The third kappa shape index (κ3) is 2.62. The fourth-order valence-corrected chi connectivity index (χ4v) is 4.25. The van der Waals surface area contributed by atoms with E-state index in [1.54, 1.807) is 11.3 Å². The van der Waals surface area contributed by atoms with Crippen LogP contribution in [0.4, 0.5) is 5.13 Å². The third-order valence-electron chi connectivity index (χ3n) is 4.65. The number of rotatable bonds is 3. The molecule has 0 saturated carbocycles. The highest BCUT2D eigenvalue weighted by molar-refractivity contribution is 7.22. The highest BCUT2D eigenvalue weighted by atomic mass is 32.1. The molecule has 0 amide bonds. The van der Waals surface area contributed by atoms with Gasteiger partial charge in [0, 0.05) is 26.2 Å². The quantitative estimate of drug-likeness (QED) is 0.803. The summed E-state index contributed by atoms with van der Waals surface area (Å²) in [5, 5.41) is 8.93.